The fourth-order valence-electron chi connectivity index (χ4n) is 2.22. The fourth-order valence-corrected chi connectivity index (χ4v) is 2.22. The Bertz CT molecular complexity index is 334. The van der Waals surface area contributed by atoms with E-state index in [0.717, 1.165) is 19.4 Å². The number of rotatable bonds is 9. The van der Waals surface area contributed by atoms with Crippen LogP contribution in [0.1, 0.15) is 58.1 Å². The zero-order chi connectivity index (χ0) is 14.1. The van der Waals surface area contributed by atoms with E-state index in [1.807, 2.05) is 0 Å². The predicted molar refractivity (Wildman–Crippen MR) is 82.4 cm³/mol. The van der Waals surface area contributed by atoms with Crippen LogP contribution in [0, 0.1) is 0 Å². The molecule has 0 saturated carbocycles. The van der Waals surface area contributed by atoms with Crippen molar-refractivity contribution in [1.29, 1.82) is 0 Å². The zero-order valence-corrected chi connectivity index (χ0v) is 12.9. The molecule has 0 aromatic heterocycles. The van der Waals surface area contributed by atoms with Crippen molar-refractivity contribution in [3.8, 4) is 0 Å². The minimum absolute atomic E-state index is 0.00794. The molecular formula is C17H29NO. The summed E-state index contributed by atoms with van der Waals surface area (Å²) in [5.41, 5.74) is 1.39. The molecule has 0 aliphatic heterocycles. The Morgan fingerprint density at radius 2 is 1.89 bits per heavy atom. The van der Waals surface area contributed by atoms with Gasteiger partial charge < -0.3 is 10.1 Å². The van der Waals surface area contributed by atoms with Gasteiger partial charge in [0.25, 0.3) is 0 Å². The van der Waals surface area contributed by atoms with Gasteiger partial charge in [-0.25, -0.2) is 0 Å². The lowest BCUT2D eigenvalue weighted by Crippen LogP contribution is -2.25. The Hall–Kier alpha value is -0.860. The van der Waals surface area contributed by atoms with Crippen LogP contribution < -0.4 is 5.32 Å². The van der Waals surface area contributed by atoms with E-state index < -0.39 is 0 Å². The van der Waals surface area contributed by atoms with Crippen LogP contribution in [0.3, 0.4) is 0 Å². The Kier molecular flexibility index (Phi) is 7.11. The fraction of sp³-hybridized carbons (Fsp3) is 0.647. The van der Waals surface area contributed by atoms with Gasteiger partial charge in [0, 0.05) is 13.2 Å². The number of methoxy groups -OCH3 is 1. The predicted octanol–water partition coefficient (Wildman–Crippen LogP) is 4.32. The third-order valence-corrected chi connectivity index (χ3v) is 3.67. The molecule has 19 heavy (non-hydrogen) atoms. The Labute approximate surface area is 118 Å². The first kappa shape index (κ1) is 16.2. The molecule has 1 rings (SSSR count). The van der Waals surface area contributed by atoms with Crippen LogP contribution in [0.2, 0.25) is 0 Å². The van der Waals surface area contributed by atoms with E-state index in [4.69, 9.17) is 4.74 Å². The molecule has 2 heteroatoms. The standard InChI is InChI=1S/C17H29NO/c1-5-14-18-16(15-10-7-6-8-11-15)12-9-13-17(2,3)19-4/h6-8,10-11,16,18H,5,9,12-14H2,1-4H3. The van der Waals surface area contributed by atoms with Gasteiger partial charge in [-0.1, -0.05) is 37.3 Å². The second-order valence-electron chi connectivity index (χ2n) is 5.77. The average Bonchev–Trinajstić information content (AvgIpc) is 2.43. The molecule has 0 saturated heterocycles. The van der Waals surface area contributed by atoms with Gasteiger partial charge in [0.05, 0.1) is 5.60 Å². The van der Waals surface area contributed by atoms with Crippen molar-refractivity contribution in [2.45, 2.75) is 58.1 Å². The van der Waals surface area contributed by atoms with Crippen molar-refractivity contribution in [3.05, 3.63) is 35.9 Å². The first-order chi connectivity index (χ1) is 9.09. The second kappa shape index (κ2) is 8.34. The zero-order valence-electron chi connectivity index (χ0n) is 12.9. The van der Waals surface area contributed by atoms with Crippen molar-refractivity contribution in [1.82, 2.24) is 5.32 Å². The van der Waals surface area contributed by atoms with E-state index in [0.29, 0.717) is 6.04 Å². The lowest BCUT2D eigenvalue weighted by atomic mass is 9.95. The Balaban J connectivity index is 2.51. The molecule has 1 aromatic rings. The van der Waals surface area contributed by atoms with Gasteiger partial charge >= 0.3 is 0 Å². The maximum absolute atomic E-state index is 5.49. The molecule has 0 fully saturated rings. The van der Waals surface area contributed by atoms with Gasteiger partial charge in [-0.15, -0.1) is 0 Å². The third kappa shape index (κ3) is 6.22. The van der Waals surface area contributed by atoms with E-state index in [-0.39, 0.29) is 5.60 Å². The van der Waals surface area contributed by atoms with Gasteiger partial charge in [0.1, 0.15) is 0 Å². The summed E-state index contributed by atoms with van der Waals surface area (Å²) in [4.78, 5) is 0. The highest BCUT2D eigenvalue weighted by Gasteiger charge is 2.17. The first-order valence-corrected chi connectivity index (χ1v) is 7.42. The molecule has 2 nitrogen and oxygen atoms in total. The van der Waals surface area contributed by atoms with Crippen molar-refractivity contribution >= 4 is 0 Å². The highest BCUT2D eigenvalue weighted by molar-refractivity contribution is 5.18. The smallest absolute Gasteiger partial charge is 0.0622 e. The van der Waals surface area contributed by atoms with Crippen LogP contribution in [-0.2, 0) is 4.74 Å². The minimum Gasteiger partial charge on any atom is -0.379 e. The summed E-state index contributed by atoms with van der Waals surface area (Å²) in [6.45, 7) is 7.60. The first-order valence-electron chi connectivity index (χ1n) is 7.42. The van der Waals surface area contributed by atoms with E-state index in [1.165, 1.54) is 18.4 Å². The van der Waals surface area contributed by atoms with Gasteiger partial charge in [-0.3, -0.25) is 0 Å². The number of benzene rings is 1. The third-order valence-electron chi connectivity index (χ3n) is 3.67. The maximum Gasteiger partial charge on any atom is 0.0622 e. The van der Waals surface area contributed by atoms with Crippen LogP contribution in [0.4, 0.5) is 0 Å². The number of ether oxygens (including phenoxy) is 1. The largest absolute Gasteiger partial charge is 0.379 e. The maximum atomic E-state index is 5.49. The summed E-state index contributed by atoms with van der Waals surface area (Å²) in [5, 5.41) is 3.65. The minimum atomic E-state index is -0.00794. The summed E-state index contributed by atoms with van der Waals surface area (Å²) < 4.78 is 5.49. The molecule has 0 aliphatic rings. The van der Waals surface area contributed by atoms with Gasteiger partial charge in [0.15, 0.2) is 0 Å². The average molecular weight is 263 g/mol. The van der Waals surface area contributed by atoms with Crippen LogP contribution in [0.25, 0.3) is 0 Å². The van der Waals surface area contributed by atoms with Crippen LogP contribution in [-0.4, -0.2) is 19.3 Å². The summed E-state index contributed by atoms with van der Waals surface area (Å²) in [7, 11) is 1.80. The number of nitrogens with one attached hydrogen (secondary N) is 1. The Morgan fingerprint density at radius 3 is 2.47 bits per heavy atom. The Morgan fingerprint density at radius 1 is 1.21 bits per heavy atom. The van der Waals surface area contributed by atoms with E-state index in [9.17, 15) is 0 Å². The SMILES string of the molecule is CCCNC(CCCC(C)(C)OC)c1ccccc1. The molecule has 1 aromatic carbocycles. The summed E-state index contributed by atoms with van der Waals surface area (Å²) in [5.74, 6) is 0. The monoisotopic (exact) mass is 263 g/mol. The molecule has 0 heterocycles. The van der Waals surface area contributed by atoms with Crippen molar-refractivity contribution in [2.75, 3.05) is 13.7 Å². The summed E-state index contributed by atoms with van der Waals surface area (Å²) in [6.07, 6.45) is 4.61. The quantitative estimate of drug-likeness (QED) is 0.716. The van der Waals surface area contributed by atoms with Crippen molar-refractivity contribution < 1.29 is 4.74 Å². The molecule has 0 aliphatic carbocycles. The van der Waals surface area contributed by atoms with E-state index in [1.54, 1.807) is 7.11 Å². The molecule has 0 amide bonds. The van der Waals surface area contributed by atoms with Crippen LogP contribution >= 0.6 is 0 Å². The second-order valence-corrected chi connectivity index (χ2v) is 5.77. The van der Waals surface area contributed by atoms with Crippen molar-refractivity contribution in [2.24, 2.45) is 0 Å². The number of hydrogen-bond donors (Lipinski definition) is 1. The highest BCUT2D eigenvalue weighted by Crippen LogP contribution is 2.23. The van der Waals surface area contributed by atoms with E-state index in [2.05, 4.69) is 56.4 Å². The summed E-state index contributed by atoms with van der Waals surface area (Å²) >= 11 is 0. The molecule has 108 valence electrons. The van der Waals surface area contributed by atoms with E-state index >= 15 is 0 Å². The lowest BCUT2D eigenvalue weighted by molar-refractivity contribution is 0.0129. The molecular weight excluding hydrogens is 234 g/mol. The van der Waals surface area contributed by atoms with Crippen LogP contribution in [0.5, 0.6) is 0 Å². The van der Waals surface area contributed by atoms with Crippen LogP contribution in [0.15, 0.2) is 30.3 Å². The van der Waals surface area contributed by atoms with Gasteiger partial charge in [-0.2, -0.15) is 0 Å². The van der Waals surface area contributed by atoms with Gasteiger partial charge in [0.2, 0.25) is 0 Å². The van der Waals surface area contributed by atoms with Crippen molar-refractivity contribution in [3.63, 3.8) is 0 Å². The highest BCUT2D eigenvalue weighted by atomic mass is 16.5. The number of hydrogen-bond acceptors (Lipinski definition) is 2. The molecule has 0 radical (unpaired) electrons. The molecule has 0 spiro atoms. The molecule has 1 atom stereocenters. The topological polar surface area (TPSA) is 21.3 Å². The summed E-state index contributed by atoms with van der Waals surface area (Å²) in [6, 6.07) is 11.2. The molecule has 1 N–H and O–H groups in total. The lowest BCUT2D eigenvalue weighted by Gasteiger charge is -2.25. The van der Waals surface area contributed by atoms with Gasteiger partial charge in [-0.05, 0) is 51.6 Å². The molecule has 1 unspecified atom stereocenters. The normalized spacial score (nSPS) is 13.5. The molecule has 0 bridgehead atoms.